The van der Waals surface area contributed by atoms with Crippen LogP contribution in [0.25, 0.3) is 0 Å². The average Bonchev–Trinajstić information content (AvgIpc) is 2.63. The number of hydrogen-bond acceptors (Lipinski definition) is 4. The molecular weight excluding hydrogens is 433 g/mol. The van der Waals surface area contributed by atoms with E-state index in [9.17, 15) is 13.2 Å². The SMILES string of the molecule is CCCc1cccc(Nc2nc(Nc3ccc(Br)cc3)ncc2C(F)(F)F)c1. The Labute approximate surface area is 169 Å². The van der Waals surface area contributed by atoms with Crippen molar-refractivity contribution in [2.24, 2.45) is 0 Å². The molecule has 146 valence electrons. The van der Waals surface area contributed by atoms with Crippen molar-refractivity contribution in [1.29, 1.82) is 0 Å². The van der Waals surface area contributed by atoms with Gasteiger partial charge in [0.25, 0.3) is 0 Å². The van der Waals surface area contributed by atoms with Gasteiger partial charge in [0.15, 0.2) is 0 Å². The van der Waals surface area contributed by atoms with Crippen LogP contribution in [0.3, 0.4) is 0 Å². The predicted molar refractivity (Wildman–Crippen MR) is 108 cm³/mol. The number of hydrogen-bond donors (Lipinski definition) is 2. The third-order valence-corrected chi connectivity index (χ3v) is 4.45. The van der Waals surface area contributed by atoms with Gasteiger partial charge in [-0.2, -0.15) is 18.2 Å². The lowest BCUT2D eigenvalue weighted by Crippen LogP contribution is -2.12. The van der Waals surface area contributed by atoms with E-state index in [0.29, 0.717) is 11.4 Å². The van der Waals surface area contributed by atoms with Crippen LogP contribution in [-0.2, 0) is 12.6 Å². The molecule has 4 nitrogen and oxygen atoms in total. The van der Waals surface area contributed by atoms with E-state index in [-0.39, 0.29) is 11.8 Å². The Morgan fingerprint density at radius 1 is 1.00 bits per heavy atom. The number of halogens is 4. The van der Waals surface area contributed by atoms with E-state index in [1.807, 2.05) is 37.3 Å². The first-order valence-electron chi connectivity index (χ1n) is 8.68. The number of alkyl halides is 3. The van der Waals surface area contributed by atoms with Gasteiger partial charge in [0.05, 0.1) is 0 Å². The van der Waals surface area contributed by atoms with Crippen molar-refractivity contribution in [1.82, 2.24) is 9.97 Å². The van der Waals surface area contributed by atoms with Gasteiger partial charge in [0, 0.05) is 22.0 Å². The second-order valence-electron chi connectivity index (χ2n) is 6.16. The molecule has 1 aromatic heterocycles. The molecule has 0 bridgehead atoms. The number of benzene rings is 2. The van der Waals surface area contributed by atoms with Crippen molar-refractivity contribution in [2.75, 3.05) is 10.6 Å². The summed E-state index contributed by atoms with van der Waals surface area (Å²) in [6, 6.07) is 14.5. The molecular formula is C20H18BrF3N4. The predicted octanol–water partition coefficient (Wildman–Crippen LogP) is 6.70. The largest absolute Gasteiger partial charge is 0.421 e. The second-order valence-corrected chi connectivity index (χ2v) is 7.08. The first kappa shape index (κ1) is 20.1. The van der Waals surface area contributed by atoms with Crippen LogP contribution < -0.4 is 10.6 Å². The lowest BCUT2D eigenvalue weighted by Gasteiger charge is -2.15. The lowest BCUT2D eigenvalue weighted by molar-refractivity contribution is -0.137. The fraction of sp³-hybridized carbons (Fsp3) is 0.200. The maximum atomic E-state index is 13.4. The molecule has 0 radical (unpaired) electrons. The van der Waals surface area contributed by atoms with E-state index >= 15 is 0 Å². The van der Waals surface area contributed by atoms with Crippen molar-refractivity contribution < 1.29 is 13.2 Å². The van der Waals surface area contributed by atoms with Gasteiger partial charge >= 0.3 is 6.18 Å². The summed E-state index contributed by atoms with van der Waals surface area (Å²) in [7, 11) is 0. The van der Waals surface area contributed by atoms with Crippen LogP contribution in [0.4, 0.5) is 36.3 Å². The molecule has 0 spiro atoms. The zero-order valence-corrected chi connectivity index (χ0v) is 16.6. The lowest BCUT2D eigenvalue weighted by atomic mass is 10.1. The molecule has 0 saturated carbocycles. The average molecular weight is 451 g/mol. The monoisotopic (exact) mass is 450 g/mol. The van der Waals surface area contributed by atoms with E-state index in [1.54, 1.807) is 18.2 Å². The molecule has 3 rings (SSSR count). The molecule has 0 aliphatic heterocycles. The van der Waals surface area contributed by atoms with Crippen LogP contribution in [0.1, 0.15) is 24.5 Å². The third-order valence-electron chi connectivity index (χ3n) is 3.92. The number of nitrogens with zero attached hydrogens (tertiary/aromatic N) is 2. The number of nitrogens with one attached hydrogen (secondary N) is 2. The standard InChI is InChI=1S/C20H18BrF3N4/c1-2-4-13-5-3-6-16(11-13)26-18-17(20(22,23)24)12-25-19(28-18)27-15-9-7-14(21)8-10-15/h3,5-12H,2,4H2,1H3,(H2,25,26,27,28). The fourth-order valence-corrected chi connectivity index (χ4v) is 2.90. The summed E-state index contributed by atoms with van der Waals surface area (Å²) >= 11 is 3.33. The maximum absolute atomic E-state index is 13.4. The van der Waals surface area contributed by atoms with Gasteiger partial charge in [0.1, 0.15) is 11.4 Å². The van der Waals surface area contributed by atoms with Crippen LogP contribution in [0.2, 0.25) is 0 Å². The van der Waals surface area contributed by atoms with Crippen molar-refractivity contribution >= 4 is 39.1 Å². The van der Waals surface area contributed by atoms with Gasteiger partial charge in [-0.1, -0.05) is 41.4 Å². The van der Waals surface area contributed by atoms with Gasteiger partial charge in [0.2, 0.25) is 5.95 Å². The molecule has 3 aromatic rings. The first-order chi connectivity index (χ1) is 13.3. The highest BCUT2D eigenvalue weighted by molar-refractivity contribution is 9.10. The third kappa shape index (κ3) is 5.22. The fourth-order valence-electron chi connectivity index (χ4n) is 2.64. The molecule has 1 heterocycles. The zero-order chi connectivity index (χ0) is 20.1. The Morgan fingerprint density at radius 3 is 2.43 bits per heavy atom. The minimum atomic E-state index is -4.57. The van der Waals surface area contributed by atoms with Gasteiger partial charge in [-0.25, -0.2) is 4.98 Å². The Balaban J connectivity index is 1.92. The van der Waals surface area contributed by atoms with Crippen molar-refractivity contribution in [3.05, 3.63) is 70.3 Å². The molecule has 2 aromatic carbocycles. The first-order valence-corrected chi connectivity index (χ1v) is 9.47. The smallest absolute Gasteiger partial charge is 0.340 e. The van der Waals surface area contributed by atoms with Crippen LogP contribution in [-0.4, -0.2) is 9.97 Å². The van der Waals surface area contributed by atoms with Crippen LogP contribution in [0.5, 0.6) is 0 Å². The molecule has 2 N–H and O–H groups in total. The van der Waals surface area contributed by atoms with E-state index < -0.39 is 11.7 Å². The molecule has 0 saturated heterocycles. The molecule has 0 unspecified atom stereocenters. The Bertz CT molecular complexity index is 943. The van der Waals surface area contributed by atoms with Crippen LogP contribution in [0, 0.1) is 0 Å². The molecule has 8 heteroatoms. The number of anilines is 4. The Morgan fingerprint density at radius 2 is 1.75 bits per heavy atom. The molecule has 0 fully saturated rings. The summed E-state index contributed by atoms with van der Waals surface area (Å²) in [6.07, 6.45) is -1.99. The highest BCUT2D eigenvalue weighted by atomic mass is 79.9. The number of rotatable bonds is 6. The molecule has 28 heavy (non-hydrogen) atoms. The highest BCUT2D eigenvalue weighted by Crippen LogP contribution is 2.35. The summed E-state index contributed by atoms with van der Waals surface area (Å²) in [5, 5.41) is 5.71. The van der Waals surface area contributed by atoms with E-state index in [1.165, 1.54) is 0 Å². The van der Waals surface area contributed by atoms with E-state index in [0.717, 1.165) is 29.1 Å². The quantitative estimate of drug-likeness (QED) is 0.438. The summed E-state index contributed by atoms with van der Waals surface area (Å²) in [5.41, 5.74) is 1.33. The van der Waals surface area contributed by atoms with E-state index in [2.05, 4.69) is 36.5 Å². The summed E-state index contributed by atoms with van der Waals surface area (Å²) in [6.45, 7) is 2.05. The van der Waals surface area contributed by atoms with Gasteiger partial charge < -0.3 is 10.6 Å². The summed E-state index contributed by atoms with van der Waals surface area (Å²) in [5.74, 6) is -0.224. The van der Waals surface area contributed by atoms with E-state index in [4.69, 9.17) is 0 Å². The zero-order valence-electron chi connectivity index (χ0n) is 15.0. The summed E-state index contributed by atoms with van der Waals surface area (Å²) in [4.78, 5) is 7.88. The van der Waals surface area contributed by atoms with Crippen molar-refractivity contribution in [2.45, 2.75) is 25.9 Å². The summed E-state index contributed by atoms with van der Waals surface area (Å²) < 4.78 is 41.1. The highest BCUT2D eigenvalue weighted by Gasteiger charge is 2.35. The minimum Gasteiger partial charge on any atom is -0.340 e. The number of aryl methyl sites for hydroxylation is 1. The van der Waals surface area contributed by atoms with Crippen molar-refractivity contribution in [3.8, 4) is 0 Å². The Kier molecular flexibility index (Phi) is 6.18. The topological polar surface area (TPSA) is 49.8 Å². The molecule has 0 aliphatic carbocycles. The van der Waals surface area contributed by atoms with Crippen LogP contribution >= 0.6 is 15.9 Å². The maximum Gasteiger partial charge on any atom is 0.421 e. The van der Waals surface area contributed by atoms with Crippen molar-refractivity contribution in [3.63, 3.8) is 0 Å². The Hall–Kier alpha value is -2.61. The molecule has 0 amide bonds. The number of aromatic nitrogens is 2. The minimum absolute atomic E-state index is 0.0718. The van der Waals surface area contributed by atoms with Gasteiger partial charge in [-0.05, 0) is 48.4 Å². The molecule has 0 aliphatic rings. The molecule has 0 atom stereocenters. The van der Waals surface area contributed by atoms with Gasteiger partial charge in [-0.15, -0.1) is 0 Å². The van der Waals surface area contributed by atoms with Crippen LogP contribution in [0.15, 0.2) is 59.2 Å². The second kappa shape index (κ2) is 8.60. The normalized spacial score (nSPS) is 11.3. The van der Waals surface area contributed by atoms with Gasteiger partial charge in [-0.3, -0.25) is 0 Å².